The van der Waals surface area contributed by atoms with Crippen molar-refractivity contribution in [2.75, 3.05) is 13.6 Å². The van der Waals surface area contributed by atoms with Gasteiger partial charge in [-0.15, -0.1) is 0 Å². The fourth-order valence-electron chi connectivity index (χ4n) is 0.795. The zero-order chi connectivity index (χ0) is 10.7. The highest BCUT2D eigenvalue weighted by Gasteiger charge is 2.32. The lowest BCUT2D eigenvalue weighted by Crippen LogP contribution is -2.41. The molecule has 4 nitrogen and oxygen atoms in total. The van der Waals surface area contributed by atoms with Crippen molar-refractivity contribution >= 4 is 10.0 Å². The molecule has 0 rings (SSSR count). The average Bonchev–Trinajstić information content (AvgIpc) is 1.97. The lowest BCUT2D eigenvalue weighted by molar-refractivity contribution is 0.450. The molecule has 0 atom stereocenters. The second-order valence-corrected chi connectivity index (χ2v) is 6.65. The summed E-state index contributed by atoms with van der Waals surface area (Å²) < 4.78 is 23.8. The van der Waals surface area contributed by atoms with Crippen LogP contribution in [0, 0.1) is 11.3 Å². The Kier molecular flexibility index (Phi) is 3.88. The highest BCUT2D eigenvalue weighted by Crippen LogP contribution is 2.18. The van der Waals surface area contributed by atoms with Gasteiger partial charge in [-0.2, -0.15) is 5.26 Å². The molecular formula is C8H16N2O2S. The standard InChI is InChI=1S/C8H16N2O2S/c1-8(2,3)13(11,12)10(4)7-5-6-9/h5,7H2,1-4H3. The molecule has 0 saturated heterocycles. The fraction of sp³-hybridized carbons (Fsp3) is 0.875. The number of nitrogens with zero attached hydrogens (tertiary/aromatic N) is 2. The van der Waals surface area contributed by atoms with Crippen LogP contribution in [0.1, 0.15) is 27.2 Å². The summed E-state index contributed by atoms with van der Waals surface area (Å²) in [5.41, 5.74) is 0. The smallest absolute Gasteiger partial charge is 0.212 e. The van der Waals surface area contributed by atoms with Gasteiger partial charge in [0.05, 0.1) is 10.8 Å². The summed E-state index contributed by atoms with van der Waals surface area (Å²) in [7, 11) is -1.77. The van der Waals surface area contributed by atoms with Crippen molar-refractivity contribution in [2.24, 2.45) is 0 Å². The van der Waals surface area contributed by atoms with Crippen molar-refractivity contribution in [1.82, 2.24) is 4.31 Å². The Labute approximate surface area is 80.2 Å². The van der Waals surface area contributed by atoms with Gasteiger partial charge in [-0.25, -0.2) is 12.7 Å². The molecule has 0 saturated carbocycles. The van der Waals surface area contributed by atoms with Crippen LogP contribution in [0.25, 0.3) is 0 Å². The maximum Gasteiger partial charge on any atom is 0.218 e. The summed E-state index contributed by atoms with van der Waals surface area (Å²) >= 11 is 0. The molecule has 0 heterocycles. The molecule has 5 heteroatoms. The van der Waals surface area contributed by atoms with Gasteiger partial charge in [0.1, 0.15) is 0 Å². The molecule has 0 aromatic heterocycles. The number of hydrogen-bond acceptors (Lipinski definition) is 3. The molecule has 0 aliphatic carbocycles. The molecule has 0 fully saturated rings. The van der Waals surface area contributed by atoms with Crippen LogP contribution in [0.4, 0.5) is 0 Å². The van der Waals surface area contributed by atoms with Gasteiger partial charge in [-0.1, -0.05) is 0 Å². The summed E-state index contributed by atoms with van der Waals surface area (Å²) in [6.07, 6.45) is 0.228. The maximum atomic E-state index is 11.7. The molecule has 0 radical (unpaired) electrons. The molecular weight excluding hydrogens is 188 g/mol. The van der Waals surface area contributed by atoms with Crippen molar-refractivity contribution in [3.8, 4) is 6.07 Å². The minimum atomic E-state index is -3.27. The van der Waals surface area contributed by atoms with Gasteiger partial charge < -0.3 is 0 Å². The number of sulfonamides is 1. The fourth-order valence-corrected chi connectivity index (χ4v) is 2.06. The Bertz CT molecular complexity index is 295. The second kappa shape index (κ2) is 4.07. The first-order valence-corrected chi connectivity index (χ1v) is 5.50. The van der Waals surface area contributed by atoms with E-state index in [0.717, 1.165) is 0 Å². The molecule has 0 aromatic rings. The molecule has 0 amide bonds. The monoisotopic (exact) mass is 204 g/mol. The van der Waals surface area contributed by atoms with Crippen LogP contribution in [-0.4, -0.2) is 31.1 Å². The van der Waals surface area contributed by atoms with Crippen LogP contribution in [0.3, 0.4) is 0 Å². The Morgan fingerprint density at radius 3 is 2.15 bits per heavy atom. The molecule has 0 N–H and O–H groups in total. The third kappa shape index (κ3) is 2.98. The first kappa shape index (κ1) is 12.4. The topological polar surface area (TPSA) is 61.2 Å². The number of hydrogen-bond donors (Lipinski definition) is 0. The van der Waals surface area contributed by atoms with Crippen LogP contribution >= 0.6 is 0 Å². The molecule has 13 heavy (non-hydrogen) atoms. The third-order valence-electron chi connectivity index (χ3n) is 1.72. The van der Waals surface area contributed by atoms with Crippen molar-refractivity contribution in [3.05, 3.63) is 0 Å². The zero-order valence-corrected chi connectivity index (χ0v) is 9.35. The van der Waals surface area contributed by atoms with Gasteiger partial charge in [0, 0.05) is 20.0 Å². The summed E-state index contributed by atoms with van der Waals surface area (Å²) in [6.45, 7) is 5.19. The predicted molar refractivity (Wildman–Crippen MR) is 51.5 cm³/mol. The van der Waals surface area contributed by atoms with Crippen molar-refractivity contribution in [1.29, 1.82) is 5.26 Å². The first-order chi connectivity index (χ1) is 5.73. The molecule has 0 spiro atoms. The van der Waals surface area contributed by atoms with Gasteiger partial charge in [0.25, 0.3) is 0 Å². The Hall–Kier alpha value is -0.600. The Balaban J connectivity index is 4.59. The van der Waals surface area contributed by atoms with E-state index in [2.05, 4.69) is 0 Å². The van der Waals surface area contributed by atoms with Crippen LogP contribution in [0.2, 0.25) is 0 Å². The van der Waals surface area contributed by atoms with Crippen molar-refractivity contribution < 1.29 is 8.42 Å². The SMILES string of the molecule is CN(CCC#N)S(=O)(=O)C(C)(C)C. The minimum Gasteiger partial charge on any atom is -0.212 e. The van der Waals surface area contributed by atoms with Crippen LogP contribution in [0.15, 0.2) is 0 Å². The van der Waals surface area contributed by atoms with E-state index in [4.69, 9.17) is 5.26 Å². The van der Waals surface area contributed by atoms with Crippen LogP contribution in [0.5, 0.6) is 0 Å². The van der Waals surface area contributed by atoms with E-state index in [9.17, 15) is 8.42 Å². The lowest BCUT2D eigenvalue weighted by Gasteiger charge is -2.26. The van der Waals surface area contributed by atoms with Crippen molar-refractivity contribution in [3.63, 3.8) is 0 Å². The highest BCUT2D eigenvalue weighted by molar-refractivity contribution is 7.90. The van der Waals surface area contributed by atoms with Gasteiger partial charge >= 0.3 is 0 Å². The van der Waals surface area contributed by atoms with E-state index in [1.54, 1.807) is 20.8 Å². The van der Waals surface area contributed by atoms with Gasteiger partial charge in [0.15, 0.2) is 0 Å². The number of rotatable bonds is 3. The molecule has 0 unspecified atom stereocenters. The largest absolute Gasteiger partial charge is 0.218 e. The summed E-state index contributed by atoms with van der Waals surface area (Å²) in [4.78, 5) is 0. The van der Waals surface area contributed by atoms with Crippen LogP contribution in [-0.2, 0) is 10.0 Å². The second-order valence-electron chi connectivity index (χ2n) is 3.85. The van der Waals surface area contributed by atoms with E-state index < -0.39 is 14.8 Å². The third-order valence-corrected chi connectivity index (χ3v) is 4.27. The van der Waals surface area contributed by atoms with E-state index in [1.165, 1.54) is 11.4 Å². The van der Waals surface area contributed by atoms with Crippen LogP contribution < -0.4 is 0 Å². The number of nitriles is 1. The van der Waals surface area contributed by atoms with E-state index in [1.807, 2.05) is 6.07 Å². The van der Waals surface area contributed by atoms with E-state index in [0.29, 0.717) is 0 Å². The van der Waals surface area contributed by atoms with E-state index >= 15 is 0 Å². The molecule has 0 aromatic carbocycles. The summed E-state index contributed by atoms with van der Waals surface area (Å²) in [6, 6.07) is 1.92. The highest BCUT2D eigenvalue weighted by atomic mass is 32.2. The Morgan fingerprint density at radius 1 is 1.38 bits per heavy atom. The molecule has 0 aliphatic heterocycles. The van der Waals surface area contributed by atoms with E-state index in [-0.39, 0.29) is 13.0 Å². The summed E-state index contributed by atoms with van der Waals surface area (Å²) in [5.74, 6) is 0. The average molecular weight is 204 g/mol. The van der Waals surface area contributed by atoms with Gasteiger partial charge in [-0.05, 0) is 20.8 Å². The normalized spacial score (nSPS) is 12.9. The summed E-state index contributed by atoms with van der Waals surface area (Å²) in [5, 5.41) is 8.31. The van der Waals surface area contributed by atoms with Crippen molar-refractivity contribution in [2.45, 2.75) is 31.9 Å². The predicted octanol–water partition coefficient (Wildman–Crippen LogP) is 0.960. The van der Waals surface area contributed by atoms with Gasteiger partial charge in [-0.3, -0.25) is 0 Å². The lowest BCUT2D eigenvalue weighted by atomic mass is 10.3. The molecule has 0 bridgehead atoms. The minimum absolute atomic E-state index is 0.228. The maximum absolute atomic E-state index is 11.7. The molecule has 0 aliphatic rings. The Morgan fingerprint density at radius 2 is 1.85 bits per heavy atom. The zero-order valence-electron chi connectivity index (χ0n) is 8.53. The van der Waals surface area contributed by atoms with Gasteiger partial charge in [0.2, 0.25) is 10.0 Å². The quantitative estimate of drug-likeness (QED) is 0.688. The molecule has 76 valence electrons. The first-order valence-electron chi connectivity index (χ1n) is 4.06.